The molecule has 4 nitrogen and oxygen atoms in total. The molecule has 0 aliphatic heterocycles. The van der Waals surface area contributed by atoms with Crippen LogP contribution in [0.3, 0.4) is 0 Å². The fourth-order valence-electron chi connectivity index (χ4n) is 1.85. The summed E-state index contributed by atoms with van der Waals surface area (Å²) >= 11 is 4.86. The fourth-order valence-corrected chi connectivity index (χ4v) is 1.99. The lowest BCUT2D eigenvalue weighted by molar-refractivity contribution is -0.141. The molecule has 0 radical (unpaired) electrons. The molecule has 2 aromatic carbocycles. The topological polar surface area (TPSA) is 60.4 Å². The second-order valence-corrected chi connectivity index (χ2v) is 5.51. The summed E-state index contributed by atoms with van der Waals surface area (Å²) in [5.41, 5.74) is -1.34. The van der Waals surface area contributed by atoms with Gasteiger partial charge >= 0.3 is 5.97 Å². The van der Waals surface area contributed by atoms with Gasteiger partial charge in [-0.05, 0) is 30.7 Å². The second kappa shape index (κ2) is 10.6. The molecule has 156 valence electrons. The van der Waals surface area contributed by atoms with Crippen molar-refractivity contribution in [2.24, 2.45) is 0 Å². The van der Waals surface area contributed by atoms with Crippen LogP contribution in [0.1, 0.15) is 34.1 Å². The summed E-state index contributed by atoms with van der Waals surface area (Å²) in [7, 11) is 0. The predicted molar refractivity (Wildman–Crippen MR) is 88.4 cm³/mol. The zero-order valence-electron chi connectivity index (χ0n) is 14.5. The summed E-state index contributed by atoms with van der Waals surface area (Å²) in [5, 5.41) is -1.16. The van der Waals surface area contributed by atoms with Crippen LogP contribution in [0.2, 0.25) is 0 Å². The smallest absolute Gasteiger partial charge is 0.313 e. The first-order chi connectivity index (χ1) is 13.5. The van der Waals surface area contributed by atoms with Gasteiger partial charge in [0.2, 0.25) is 0 Å². The molecule has 0 saturated carbocycles. The summed E-state index contributed by atoms with van der Waals surface area (Å²) in [6.45, 7) is 1.62. The van der Waals surface area contributed by atoms with Gasteiger partial charge in [-0.3, -0.25) is 14.4 Å². The Bertz CT molecular complexity index is 948. The summed E-state index contributed by atoms with van der Waals surface area (Å²) in [6, 6.07) is 1.37. The Labute approximate surface area is 165 Å². The molecule has 0 aliphatic carbocycles. The molecule has 0 saturated heterocycles. The molecule has 2 rings (SSSR count). The Kier molecular flexibility index (Phi) is 8.84. The molecule has 11 heteroatoms. The van der Waals surface area contributed by atoms with Gasteiger partial charge in [0.25, 0.3) is 5.24 Å². The van der Waals surface area contributed by atoms with Crippen molar-refractivity contribution in [3.8, 4) is 0 Å². The molecular formula is C18H11ClF6O4. The first-order valence-corrected chi connectivity index (χ1v) is 8.03. The molecule has 0 heterocycles. The minimum Gasteiger partial charge on any atom is -0.466 e. The third-order valence-corrected chi connectivity index (χ3v) is 3.35. The van der Waals surface area contributed by atoms with Gasteiger partial charge in [0.05, 0.1) is 17.7 Å². The molecule has 0 fully saturated rings. The van der Waals surface area contributed by atoms with Crippen molar-refractivity contribution in [3.63, 3.8) is 0 Å². The van der Waals surface area contributed by atoms with Gasteiger partial charge in [0, 0.05) is 12.1 Å². The quantitative estimate of drug-likeness (QED) is 0.168. The van der Waals surface area contributed by atoms with Gasteiger partial charge in [-0.15, -0.1) is 0 Å². The van der Waals surface area contributed by atoms with Crippen LogP contribution in [0.5, 0.6) is 0 Å². The fraction of sp³-hybridized carbons (Fsp3) is 0.167. The maximum Gasteiger partial charge on any atom is 0.313 e. The van der Waals surface area contributed by atoms with E-state index in [1.807, 2.05) is 0 Å². The highest BCUT2D eigenvalue weighted by Crippen LogP contribution is 2.16. The summed E-state index contributed by atoms with van der Waals surface area (Å²) < 4.78 is 80.2. The van der Waals surface area contributed by atoms with Crippen molar-refractivity contribution < 1.29 is 45.5 Å². The van der Waals surface area contributed by atoms with E-state index in [-0.39, 0.29) is 18.7 Å². The number of rotatable bonds is 5. The van der Waals surface area contributed by atoms with E-state index in [4.69, 9.17) is 11.6 Å². The first kappa shape index (κ1) is 24.2. The van der Waals surface area contributed by atoms with E-state index in [1.165, 1.54) is 0 Å². The van der Waals surface area contributed by atoms with Gasteiger partial charge in [0.15, 0.2) is 29.1 Å². The van der Waals surface area contributed by atoms with Crippen molar-refractivity contribution in [2.75, 3.05) is 6.61 Å². The third-order valence-electron chi connectivity index (χ3n) is 3.14. The zero-order valence-corrected chi connectivity index (χ0v) is 15.3. The van der Waals surface area contributed by atoms with Crippen LogP contribution in [0.15, 0.2) is 24.3 Å². The number of ether oxygens (including phenoxy) is 1. The average molecular weight is 441 g/mol. The van der Waals surface area contributed by atoms with E-state index < -0.39 is 69.4 Å². The van der Waals surface area contributed by atoms with E-state index in [0.29, 0.717) is 12.1 Å². The van der Waals surface area contributed by atoms with Gasteiger partial charge in [-0.25, -0.2) is 26.3 Å². The van der Waals surface area contributed by atoms with Crippen molar-refractivity contribution in [3.05, 3.63) is 70.3 Å². The molecule has 0 aliphatic rings. The lowest BCUT2D eigenvalue weighted by atomic mass is 10.1. The molecule has 2 aromatic rings. The van der Waals surface area contributed by atoms with Gasteiger partial charge in [0.1, 0.15) is 18.1 Å². The number of carbonyl (C=O) groups excluding carboxylic acids is 3. The van der Waals surface area contributed by atoms with Crippen molar-refractivity contribution in [1.82, 2.24) is 0 Å². The lowest BCUT2D eigenvalue weighted by Crippen LogP contribution is -2.13. The monoisotopic (exact) mass is 440 g/mol. The van der Waals surface area contributed by atoms with Crippen LogP contribution in [0.25, 0.3) is 0 Å². The van der Waals surface area contributed by atoms with Crippen LogP contribution in [-0.2, 0) is 9.53 Å². The van der Waals surface area contributed by atoms with E-state index in [1.54, 1.807) is 6.92 Å². The minimum absolute atomic E-state index is 0.0758. The number of halogens is 7. The number of hydrogen-bond donors (Lipinski definition) is 0. The number of hydrogen-bond acceptors (Lipinski definition) is 4. The molecular weight excluding hydrogens is 430 g/mol. The third kappa shape index (κ3) is 6.90. The standard InChI is InChI=1S/C11H9F3O3.C7H2ClF3O/c1-2-17-11(16)5-10(15)6-3-8(13)9(14)4-7(6)12;8-7(12)3-1-5(10)6(11)2-4(3)9/h3-4H,2,5H2,1H3;1-2H. The summed E-state index contributed by atoms with van der Waals surface area (Å²) in [6.07, 6.45) is -0.712. The molecule has 0 bridgehead atoms. The number of benzene rings is 2. The van der Waals surface area contributed by atoms with Crippen molar-refractivity contribution >= 4 is 28.6 Å². The van der Waals surface area contributed by atoms with E-state index in [2.05, 4.69) is 4.74 Å². The van der Waals surface area contributed by atoms with Gasteiger partial charge < -0.3 is 4.74 Å². The number of esters is 1. The predicted octanol–water partition coefficient (Wildman–Crippen LogP) is 4.72. The number of carbonyl (C=O) groups is 3. The molecule has 0 atom stereocenters. The summed E-state index contributed by atoms with van der Waals surface area (Å²) in [5.74, 6) is -9.59. The normalized spacial score (nSPS) is 10.1. The Hall–Kier alpha value is -2.88. The van der Waals surface area contributed by atoms with Crippen LogP contribution in [0.4, 0.5) is 26.3 Å². The lowest BCUT2D eigenvalue weighted by Gasteiger charge is -2.03. The molecule has 0 spiro atoms. The highest BCUT2D eigenvalue weighted by Gasteiger charge is 2.19. The second-order valence-electron chi connectivity index (χ2n) is 5.17. The van der Waals surface area contributed by atoms with Crippen molar-refractivity contribution in [1.29, 1.82) is 0 Å². The molecule has 0 amide bonds. The maximum atomic E-state index is 13.1. The largest absolute Gasteiger partial charge is 0.466 e. The van der Waals surface area contributed by atoms with Crippen molar-refractivity contribution in [2.45, 2.75) is 13.3 Å². The molecule has 0 N–H and O–H groups in total. The van der Waals surface area contributed by atoms with Gasteiger partial charge in [-0.2, -0.15) is 0 Å². The molecule has 29 heavy (non-hydrogen) atoms. The Morgan fingerprint density at radius 3 is 1.62 bits per heavy atom. The maximum absolute atomic E-state index is 13.1. The van der Waals surface area contributed by atoms with Gasteiger partial charge in [-0.1, -0.05) is 0 Å². The zero-order chi connectivity index (χ0) is 22.3. The molecule has 0 unspecified atom stereocenters. The Morgan fingerprint density at radius 2 is 1.17 bits per heavy atom. The van der Waals surface area contributed by atoms with E-state index in [0.717, 1.165) is 0 Å². The highest BCUT2D eigenvalue weighted by atomic mass is 35.5. The highest BCUT2D eigenvalue weighted by molar-refractivity contribution is 6.67. The Balaban J connectivity index is 0.000000308. The Morgan fingerprint density at radius 1 is 0.759 bits per heavy atom. The van der Waals surface area contributed by atoms with Crippen LogP contribution in [-0.4, -0.2) is 23.6 Å². The SMILES string of the molecule is CCOC(=O)CC(=O)c1cc(F)c(F)cc1F.O=C(Cl)c1cc(F)c(F)cc1F. The summed E-state index contributed by atoms with van der Waals surface area (Å²) in [4.78, 5) is 32.7. The number of ketones is 1. The van der Waals surface area contributed by atoms with Crippen LogP contribution >= 0.6 is 11.6 Å². The number of Topliss-reactive ketones (excluding diaryl/α,β-unsaturated/α-hetero) is 1. The first-order valence-electron chi connectivity index (χ1n) is 7.65. The van der Waals surface area contributed by atoms with Crippen LogP contribution < -0.4 is 0 Å². The molecule has 0 aromatic heterocycles. The van der Waals surface area contributed by atoms with E-state index in [9.17, 15) is 40.7 Å². The van der Waals surface area contributed by atoms with Crippen LogP contribution in [0, 0.1) is 34.9 Å². The average Bonchev–Trinajstić information content (AvgIpc) is 2.61. The van der Waals surface area contributed by atoms with E-state index >= 15 is 0 Å². The minimum atomic E-state index is -1.39.